The fourth-order valence-electron chi connectivity index (χ4n) is 3.30. The Labute approximate surface area is 184 Å². The number of hydrogen-bond donors (Lipinski definition) is 2. The second-order valence-electron chi connectivity index (χ2n) is 8.29. The molecule has 0 fully saturated rings. The van der Waals surface area contributed by atoms with Crippen LogP contribution in [0.15, 0.2) is 38.4 Å². The van der Waals surface area contributed by atoms with E-state index in [9.17, 15) is 9.59 Å². The third kappa shape index (κ3) is 5.35. The van der Waals surface area contributed by atoms with Gasteiger partial charge in [-0.2, -0.15) is 4.98 Å². The molecule has 2 aromatic heterocycles. The van der Waals surface area contributed by atoms with Gasteiger partial charge in [0.1, 0.15) is 11.5 Å². The van der Waals surface area contributed by atoms with Crippen LogP contribution in [0.5, 0.6) is 0 Å². The molecule has 3 rings (SSSR count). The van der Waals surface area contributed by atoms with Crippen LogP contribution in [0.25, 0.3) is 11.4 Å². The highest BCUT2D eigenvalue weighted by Gasteiger charge is 2.22. The highest BCUT2D eigenvalue weighted by atomic mass is 35.5. The second kappa shape index (κ2) is 9.38. The average Bonchev–Trinajstić information content (AvgIpc) is 3.13. The van der Waals surface area contributed by atoms with Gasteiger partial charge in [-0.3, -0.25) is 14.3 Å². The lowest BCUT2D eigenvalue weighted by Crippen LogP contribution is -2.40. The molecule has 2 heterocycles. The number of anilines is 2. The predicted octanol–water partition coefficient (Wildman–Crippen LogP) is 3.14. The molecule has 1 aromatic carbocycles. The fraction of sp³-hybridized carbons (Fsp3) is 0.429. The van der Waals surface area contributed by atoms with E-state index < -0.39 is 11.2 Å². The molecule has 166 valence electrons. The monoisotopic (exact) mass is 446 g/mol. The van der Waals surface area contributed by atoms with Gasteiger partial charge in [-0.15, -0.1) is 0 Å². The van der Waals surface area contributed by atoms with Crippen molar-refractivity contribution in [2.45, 2.75) is 40.8 Å². The molecule has 31 heavy (non-hydrogen) atoms. The zero-order valence-corrected chi connectivity index (χ0v) is 18.8. The first-order chi connectivity index (χ1) is 14.7. The smallest absolute Gasteiger partial charge is 0.330 e. The molecule has 10 heteroatoms. The van der Waals surface area contributed by atoms with Crippen molar-refractivity contribution in [1.29, 1.82) is 0 Å². The van der Waals surface area contributed by atoms with Crippen molar-refractivity contribution < 1.29 is 4.52 Å². The minimum absolute atomic E-state index is 0.126. The molecule has 0 unspecified atom stereocenters. The molecule has 0 aliphatic heterocycles. The van der Waals surface area contributed by atoms with Crippen LogP contribution < -0.4 is 21.9 Å². The minimum Gasteiger partial charge on any atom is -0.383 e. The number of nitrogens with one attached hydrogen (secondary N) is 1. The number of aromatic nitrogens is 4. The van der Waals surface area contributed by atoms with E-state index in [1.807, 2.05) is 27.7 Å². The molecule has 0 bridgehead atoms. The first kappa shape index (κ1) is 22.6. The Bertz CT molecular complexity index is 1150. The van der Waals surface area contributed by atoms with Gasteiger partial charge in [0.2, 0.25) is 11.7 Å². The topological polar surface area (TPSA) is 123 Å². The van der Waals surface area contributed by atoms with Crippen LogP contribution in [0, 0.1) is 11.8 Å². The minimum atomic E-state index is -0.541. The van der Waals surface area contributed by atoms with Crippen molar-refractivity contribution in [1.82, 2.24) is 19.7 Å². The SMILES string of the molecule is CC(C)CN(Cc1nc(-c2ccc(Cl)cc2)no1)c1c(N)n(CC(C)C)c(=O)[nH]c1=O. The van der Waals surface area contributed by atoms with Gasteiger partial charge >= 0.3 is 5.69 Å². The molecule has 3 aromatic rings. The molecule has 0 amide bonds. The lowest BCUT2D eigenvalue weighted by molar-refractivity contribution is 0.374. The molecule has 0 radical (unpaired) electrons. The van der Waals surface area contributed by atoms with E-state index in [1.165, 1.54) is 4.57 Å². The van der Waals surface area contributed by atoms with Crippen molar-refractivity contribution in [3.05, 3.63) is 56.0 Å². The standard InChI is InChI=1S/C21H27ClN6O3/c1-12(2)9-27(17-18(23)28(10-13(3)4)21(30)25-20(17)29)11-16-24-19(26-31-16)14-5-7-15(22)8-6-14/h5-8,12-13H,9-11,23H2,1-4H3,(H,25,29,30). The maximum absolute atomic E-state index is 12.7. The molecule has 0 aliphatic carbocycles. The van der Waals surface area contributed by atoms with Gasteiger partial charge in [0.05, 0.1) is 6.54 Å². The molecule has 9 nitrogen and oxygen atoms in total. The van der Waals surface area contributed by atoms with Crippen molar-refractivity contribution in [3.8, 4) is 11.4 Å². The lowest BCUT2D eigenvalue weighted by atomic mass is 10.2. The van der Waals surface area contributed by atoms with E-state index in [-0.39, 0.29) is 29.9 Å². The predicted molar refractivity (Wildman–Crippen MR) is 121 cm³/mol. The van der Waals surface area contributed by atoms with Crippen LogP contribution in [0.4, 0.5) is 11.5 Å². The van der Waals surface area contributed by atoms with Crippen LogP contribution >= 0.6 is 11.6 Å². The maximum atomic E-state index is 12.7. The van der Waals surface area contributed by atoms with Crippen LogP contribution in [-0.4, -0.2) is 26.2 Å². The third-order valence-corrected chi connectivity index (χ3v) is 4.81. The lowest BCUT2D eigenvalue weighted by Gasteiger charge is -2.26. The highest BCUT2D eigenvalue weighted by Crippen LogP contribution is 2.23. The number of H-pyrrole nitrogens is 1. The number of rotatable bonds is 8. The van der Waals surface area contributed by atoms with Crippen molar-refractivity contribution in [3.63, 3.8) is 0 Å². The quantitative estimate of drug-likeness (QED) is 0.544. The van der Waals surface area contributed by atoms with Crippen molar-refractivity contribution in [2.24, 2.45) is 11.8 Å². The van der Waals surface area contributed by atoms with Gasteiger partial charge in [-0.05, 0) is 36.1 Å². The number of nitrogen functional groups attached to an aromatic ring is 1. The summed E-state index contributed by atoms with van der Waals surface area (Å²) in [5.41, 5.74) is 6.22. The number of halogens is 1. The van der Waals surface area contributed by atoms with Crippen LogP contribution in [0.3, 0.4) is 0 Å². The highest BCUT2D eigenvalue weighted by molar-refractivity contribution is 6.30. The van der Waals surface area contributed by atoms with Crippen LogP contribution in [0.2, 0.25) is 5.02 Å². The average molecular weight is 447 g/mol. The van der Waals surface area contributed by atoms with Crippen LogP contribution in [0.1, 0.15) is 33.6 Å². The van der Waals surface area contributed by atoms with Gasteiger partial charge in [0.15, 0.2) is 0 Å². The van der Waals surface area contributed by atoms with Crippen LogP contribution in [-0.2, 0) is 13.1 Å². The number of benzene rings is 1. The van der Waals surface area contributed by atoms with Crippen molar-refractivity contribution in [2.75, 3.05) is 17.2 Å². The first-order valence-electron chi connectivity index (χ1n) is 10.1. The van der Waals surface area contributed by atoms with Gasteiger partial charge in [-0.25, -0.2) is 4.79 Å². The Morgan fingerprint density at radius 1 is 1.16 bits per heavy atom. The van der Waals surface area contributed by atoms with Gasteiger partial charge < -0.3 is 15.2 Å². The summed E-state index contributed by atoms with van der Waals surface area (Å²) in [5, 5.41) is 4.64. The number of hydrogen-bond acceptors (Lipinski definition) is 7. The summed E-state index contributed by atoms with van der Waals surface area (Å²) in [7, 11) is 0. The molecule has 3 N–H and O–H groups in total. The van der Waals surface area contributed by atoms with Crippen molar-refractivity contribution >= 4 is 23.1 Å². The molecule has 0 saturated carbocycles. The molecule has 0 aliphatic rings. The molecular weight excluding hydrogens is 420 g/mol. The van der Waals surface area contributed by atoms with E-state index in [4.69, 9.17) is 21.9 Å². The number of aromatic amines is 1. The Morgan fingerprint density at radius 2 is 1.84 bits per heavy atom. The molecular formula is C21H27ClN6O3. The Kier molecular flexibility index (Phi) is 6.84. The summed E-state index contributed by atoms with van der Waals surface area (Å²) in [4.78, 5) is 33.6. The number of nitrogens with two attached hydrogens (primary N) is 1. The number of nitrogens with zero attached hydrogens (tertiary/aromatic N) is 4. The Hall–Kier alpha value is -3.07. The normalized spacial score (nSPS) is 11.5. The summed E-state index contributed by atoms with van der Waals surface area (Å²) >= 11 is 5.93. The summed E-state index contributed by atoms with van der Waals surface area (Å²) < 4.78 is 6.81. The Balaban J connectivity index is 1.98. The summed E-state index contributed by atoms with van der Waals surface area (Å²) in [6.45, 7) is 9.06. The summed E-state index contributed by atoms with van der Waals surface area (Å²) in [6, 6.07) is 7.09. The van der Waals surface area contributed by atoms with E-state index in [1.54, 1.807) is 29.2 Å². The van der Waals surface area contributed by atoms with E-state index >= 15 is 0 Å². The molecule has 0 atom stereocenters. The fourth-order valence-corrected chi connectivity index (χ4v) is 3.43. The second-order valence-corrected chi connectivity index (χ2v) is 8.73. The van der Waals surface area contributed by atoms with E-state index in [2.05, 4.69) is 15.1 Å². The largest absolute Gasteiger partial charge is 0.383 e. The molecule has 0 spiro atoms. The Morgan fingerprint density at radius 3 is 2.45 bits per heavy atom. The maximum Gasteiger partial charge on any atom is 0.330 e. The van der Waals surface area contributed by atoms with Gasteiger partial charge in [-0.1, -0.05) is 44.5 Å². The van der Waals surface area contributed by atoms with E-state index in [0.29, 0.717) is 29.8 Å². The van der Waals surface area contributed by atoms with Gasteiger partial charge in [0, 0.05) is 23.7 Å². The first-order valence-corrected chi connectivity index (χ1v) is 10.5. The van der Waals surface area contributed by atoms with Gasteiger partial charge in [0.25, 0.3) is 5.56 Å². The molecule has 0 saturated heterocycles. The summed E-state index contributed by atoms with van der Waals surface area (Å²) in [6.07, 6.45) is 0. The van der Waals surface area contributed by atoms with E-state index in [0.717, 1.165) is 5.56 Å². The summed E-state index contributed by atoms with van der Waals surface area (Å²) in [5.74, 6) is 1.26. The zero-order valence-electron chi connectivity index (χ0n) is 18.1. The zero-order chi connectivity index (χ0) is 22.7. The third-order valence-electron chi connectivity index (χ3n) is 4.56.